The van der Waals surface area contributed by atoms with E-state index in [9.17, 15) is 22.0 Å². The first kappa shape index (κ1) is 20.2. The van der Waals surface area contributed by atoms with Crippen molar-refractivity contribution in [1.29, 1.82) is 0 Å². The van der Waals surface area contributed by atoms with Crippen molar-refractivity contribution in [3.8, 4) is 5.75 Å². The zero-order valence-corrected chi connectivity index (χ0v) is 16.0. The number of nitrogens with zero attached hydrogens (tertiary/aromatic N) is 2. The number of rotatable bonds is 5. The SMILES string of the molecule is C[C@H](Oc1ccc(F)cc1)C(=O)N1CCN(S(=O)(=O)c2cccc(F)c2)CC1. The molecule has 1 amide bonds. The van der Waals surface area contributed by atoms with Gasteiger partial charge in [0.1, 0.15) is 17.4 Å². The summed E-state index contributed by atoms with van der Waals surface area (Å²) in [6.45, 7) is 2.19. The lowest BCUT2D eigenvalue weighted by atomic mass is 10.2. The molecule has 1 fully saturated rings. The maximum absolute atomic E-state index is 13.4. The van der Waals surface area contributed by atoms with Crippen molar-refractivity contribution in [1.82, 2.24) is 9.21 Å². The van der Waals surface area contributed by atoms with Gasteiger partial charge in [0.2, 0.25) is 10.0 Å². The average molecular weight is 410 g/mol. The van der Waals surface area contributed by atoms with Crippen LogP contribution >= 0.6 is 0 Å². The van der Waals surface area contributed by atoms with Crippen LogP contribution in [-0.4, -0.2) is 55.8 Å². The van der Waals surface area contributed by atoms with Crippen molar-refractivity contribution in [2.24, 2.45) is 0 Å². The first-order valence-electron chi connectivity index (χ1n) is 8.74. The Hall–Kier alpha value is -2.52. The summed E-state index contributed by atoms with van der Waals surface area (Å²) in [6.07, 6.45) is -0.795. The standard InChI is InChI=1S/C19H20F2N2O4S/c1-14(27-17-7-5-15(20)6-8-17)19(24)22-9-11-23(12-10-22)28(25,26)18-4-2-3-16(21)13-18/h2-8,13-14H,9-12H2,1H3/t14-/m0/s1. The Kier molecular flexibility index (Phi) is 5.95. The van der Waals surface area contributed by atoms with E-state index in [0.717, 1.165) is 6.07 Å². The Balaban J connectivity index is 1.59. The van der Waals surface area contributed by atoms with Crippen LogP contribution in [0.4, 0.5) is 8.78 Å². The lowest BCUT2D eigenvalue weighted by Crippen LogP contribution is -2.53. The van der Waals surface area contributed by atoms with Crippen molar-refractivity contribution >= 4 is 15.9 Å². The highest BCUT2D eigenvalue weighted by Crippen LogP contribution is 2.19. The third kappa shape index (κ3) is 4.48. The molecule has 9 heteroatoms. The Morgan fingerprint density at radius 3 is 2.25 bits per heavy atom. The van der Waals surface area contributed by atoms with E-state index in [1.807, 2.05) is 0 Å². The van der Waals surface area contributed by atoms with Crippen LogP contribution in [-0.2, 0) is 14.8 Å². The molecule has 2 aromatic carbocycles. The van der Waals surface area contributed by atoms with E-state index >= 15 is 0 Å². The summed E-state index contributed by atoms with van der Waals surface area (Å²) >= 11 is 0. The van der Waals surface area contributed by atoms with Gasteiger partial charge in [-0.25, -0.2) is 17.2 Å². The number of carbonyl (C=O) groups excluding carboxylic acids is 1. The molecule has 1 atom stereocenters. The van der Waals surface area contributed by atoms with Crippen molar-refractivity contribution in [3.63, 3.8) is 0 Å². The summed E-state index contributed by atoms with van der Waals surface area (Å²) in [5.41, 5.74) is 0. The van der Waals surface area contributed by atoms with Crippen LogP contribution in [0.15, 0.2) is 53.4 Å². The first-order chi connectivity index (χ1) is 13.3. The van der Waals surface area contributed by atoms with E-state index in [2.05, 4.69) is 0 Å². The zero-order chi connectivity index (χ0) is 20.3. The molecule has 1 aliphatic heterocycles. The summed E-state index contributed by atoms with van der Waals surface area (Å²) in [5.74, 6) is -0.940. The topological polar surface area (TPSA) is 66.9 Å². The van der Waals surface area contributed by atoms with Gasteiger partial charge in [-0.1, -0.05) is 6.07 Å². The van der Waals surface area contributed by atoms with Gasteiger partial charge in [0.05, 0.1) is 4.90 Å². The molecule has 2 aromatic rings. The van der Waals surface area contributed by atoms with Gasteiger partial charge < -0.3 is 9.64 Å². The quantitative estimate of drug-likeness (QED) is 0.759. The third-order valence-corrected chi connectivity index (χ3v) is 6.35. The molecule has 3 rings (SSSR count). The Bertz CT molecular complexity index is 943. The van der Waals surface area contributed by atoms with Gasteiger partial charge in [0.15, 0.2) is 6.10 Å². The molecule has 6 nitrogen and oxygen atoms in total. The molecule has 0 saturated carbocycles. The number of hydrogen-bond donors (Lipinski definition) is 0. The van der Waals surface area contributed by atoms with E-state index in [1.165, 1.54) is 51.7 Å². The molecule has 0 spiro atoms. The molecule has 28 heavy (non-hydrogen) atoms. The second-order valence-electron chi connectivity index (χ2n) is 6.40. The summed E-state index contributed by atoms with van der Waals surface area (Å²) in [7, 11) is -3.82. The third-order valence-electron chi connectivity index (χ3n) is 4.46. The van der Waals surface area contributed by atoms with Crippen LogP contribution in [0, 0.1) is 11.6 Å². The molecular weight excluding hydrogens is 390 g/mol. The molecule has 1 saturated heterocycles. The molecule has 0 N–H and O–H groups in total. The molecule has 1 aliphatic rings. The van der Waals surface area contributed by atoms with Gasteiger partial charge in [-0.05, 0) is 49.4 Å². The molecule has 0 aromatic heterocycles. The number of halogens is 2. The number of piperazine rings is 1. The van der Waals surface area contributed by atoms with E-state index in [4.69, 9.17) is 4.74 Å². The van der Waals surface area contributed by atoms with Gasteiger partial charge in [-0.2, -0.15) is 4.31 Å². The molecular formula is C19H20F2N2O4S. The van der Waals surface area contributed by atoms with Crippen LogP contribution in [0.5, 0.6) is 5.75 Å². The Morgan fingerprint density at radius 1 is 1.00 bits per heavy atom. The minimum Gasteiger partial charge on any atom is -0.481 e. The highest BCUT2D eigenvalue weighted by atomic mass is 32.2. The van der Waals surface area contributed by atoms with E-state index in [1.54, 1.807) is 6.92 Å². The highest BCUT2D eigenvalue weighted by molar-refractivity contribution is 7.89. The highest BCUT2D eigenvalue weighted by Gasteiger charge is 2.32. The average Bonchev–Trinajstić information content (AvgIpc) is 2.69. The Morgan fingerprint density at radius 2 is 1.64 bits per heavy atom. The number of hydrogen-bond acceptors (Lipinski definition) is 4. The Labute approximate surface area is 162 Å². The minimum absolute atomic E-state index is 0.105. The van der Waals surface area contributed by atoms with Crippen LogP contribution in [0.2, 0.25) is 0 Å². The summed E-state index contributed by atoms with van der Waals surface area (Å²) in [4.78, 5) is 14.0. The maximum Gasteiger partial charge on any atom is 0.263 e. The monoisotopic (exact) mass is 410 g/mol. The van der Waals surface area contributed by atoms with Crippen molar-refractivity contribution in [3.05, 3.63) is 60.2 Å². The van der Waals surface area contributed by atoms with Gasteiger partial charge in [-0.15, -0.1) is 0 Å². The van der Waals surface area contributed by atoms with Crippen molar-refractivity contribution < 1.29 is 26.7 Å². The number of ether oxygens (including phenoxy) is 1. The van der Waals surface area contributed by atoms with Crippen LogP contribution in [0.3, 0.4) is 0 Å². The molecule has 1 heterocycles. The molecule has 0 radical (unpaired) electrons. The largest absolute Gasteiger partial charge is 0.481 e. The number of benzene rings is 2. The zero-order valence-electron chi connectivity index (χ0n) is 15.2. The first-order valence-corrected chi connectivity index (χ1v) is 10.2. The summed E-state index contributed by atoms with van der Waals surface area (Å²) in [5, 5.41) is 0. The lowest BCUT2D eigenvalue weighted by molar-refractivity contribution is -0.139. The van der Waals surface area contributed by atoms with Crippen molar-refractivity contribution in [2.75, 3.05) is 26.2 Å². The number of amides is 1. The summed E-state index contributed by atoms with van der Waals surface area (Å²) in [6, 6.07) is 10.2. The normalized spacial score (nSPS) is 16.6. The van der Waals surface area contributed by atoms with Crippen LogP contribution < -0.4 is 4.74 Å². The van der Waals surface area contributed by atoms with Crippen LogP contribution in [0.1, 0.15) is 6.92 Å². The van der Waals surface area contributed by atoms with E-state index in [-0.39, 0.29) is 37.0 Å². The predicted octanol–water partition coefficient (Wildman–Crippen LogP) is 2.27. The van der Waals surface area contributed by atoms with Gasteiger partial charge in [0, 0.05) is 26.2 Å². The second kappa shape index (κ2) is 8.24. The molecule has 0 unspecified atom stereocenters. The molecule has 150 valence electrons. The fraction of sp³-hybridized carbons (Fsp3) is 0.316. The maximum atomic E-state index is 13.4. The van der Waals surface area contributed by atoms with E-state index < -0.39 is 27.8 Å². The minimum atomic E-state index is -3.82. The lowest BCUT2D eigenvalue weighted by Gasteiger charge is -2.35. The molecule has 0 aliphatic carbocycles. The number of sulfonamides is 1. The second-order valence-corrected chi connectivity index (χ2v) is 8.34. The van der Waals surface area contributed by atoms with Gasteiger partial charge in [-0.3, -0.25) is 4.79 Å². The van der Waals surface area contributed by atoms with E-state index in [0.29, 0.717) is 5.75 Å². The smallest absolute Gasteiger partial charge is 0.263 e. The van der Waals surface area contributed by atoms with Crippen molar-refractivity contribution in [2.45, 2.75) is 17.9 Å². The summed E-state index contributed by atoms with van der Waals surface area (Å²) < 4.78 is 58.3. The van der Waals surface area contributed by atoms with Gasteiger partial charge in [0.25, 0.3) is 5.91 Å². The predicted molar refractivity (Wildman–Crippen MR) is 98.2 cm³/mol. The van der Waals surface area contributed by atoms with Gasteiger partial charge >= 0.3 is 0 Å². The van der Waals surface area contributed by atoms with Crippen LogP contribution in [0.25, 0.3) is 0 Å². The fourth-order valence-electron chi connectivity index (χ4n) is 2.95. The molecule has 0 bridgehead atoms. The number of carbonyl (C=O) groups is 1. The fourth-order valence-corrected chi connectivity index (χ4v) is 4.40.